The van der Waals surface area contributed by atoms with Gasteiger partial charge in [0.05, 0.1) is 0 Å². The van der Waals surface area contributed by atoms with Gasteiger partial charge in [0.15, 0.2) is 0 Å². The van der Waals surface area contributed by atoms with E-state index in [0.29, 0.717) is 0 Å². The van der Waals surface area contributed by atoms with Crippen molar-refractivity contribution in [3.63, 3.8) is 0 Å². The summed E-state index contributed by atoms with van der Waals surface area (Å²) in [6.07, 6.45) is 24.5. The van der Waals surface area contributed by atoms with E-state index in [0.717, 1.165) is 21.1 Å². The molecule has 0 aliphatic carbocycles. The first-order valence-electron chi connectivity index (χ1n) is 11.6. The molecule has 0 fully saturated rings. The minimum atomic E-state index is -0.205. The molecule has 0 spiro atoms. The van der Waals surface area contributed by atoms with Crippen molar-refractivity contribution >= 4 is 16.5 Å². The third kappa shape index (κ3) is 24.0. The molecule has 0 saturated carbocycles. The molecule has 0 bridgehead atoms. The van der Waals surface area contributed by atoms with Gasteiger partial charge in [0.1, 0.15) is 0 Å². The summed E-state index contributed by atoms with van der Waals surface area (Å²) in [5.41, 5.74) is 6.82. The van der Waals surface area contributed by atoms with Gasteiger partial charge in [-0.25, -0.2) is 0 Å². The van der Waals surface area contributed by atoms with Crippen molar-refractivity contribution in [3.05, 3.63) is 0 Å². The fourth-order valence-corrected chi connectivity index (χ4v) is 5.07. The van der Waals surface area contributed by atoms with Crippen molar-refractivity contribution in [2.24, 2.45) is 0 Å². The topological polar surface area (TPSA) is 0 Å². The van der Waals surface area contributed by atoms with Crippen LogP contribution in [0, 0.1) is 23.2 Å². The van der Waals surface area contributed by atoms with Crippen molar-refractivity contribution in [2.75, 3.05) is 0 Å². The predicted octanol–water partition coefficient (Wildman–Crippen LogP) is 8.71. The van der Waals surface area contributed by atoms with E-state index in [-0.39, 0.29) is 8.27 Å². The first-order valence-corrected chi connectivity index (χ1v) is 15.6. The number of unbranched alkanes of at least 4 members (excludes halogenated alkanes) is 16. The standard InChI is InChI=1S/C24H46P2/c1-3-5-7-9-11-13-15-17-19-21-23-25-26-24-22-20-18-16-14-12-10-8-6-4-2/h25H,3-20H2,1-2,26H3. The molecule has 0 radical (unpaired) electrons. The van der Waals surface area contributed by atoms with Crippen LogP contribution in [0.1, 0.15) is 129 Å². The van der Waals surface area contributed by atoms with E-state index in [1.165, 1.54) is 103 Å². The van der Waals surface area contributed by atoms with Crippen LogP contribution >= 0.6 is 16.5 Å². The molecule has 0 aromatic carbocycles. The van der Waals surface area contributed by atoms with Crippen molar-refractivity contribution < 1.29 is 0 Å². The summed E-state index contributed by atoms with van der Waals surface area (Å²) >= 11 is 0. The summed E-state index contributed by atoms with van der Waals surface area (Å²) in [4.78, 5) is 0. The first kappa shape index (κ1) is 26.0. The molecule has 0 saturated heterocycles. The molecule has 0 rings (SSSR count). The van der Waals surface area contributed by atoms with Crippen LogP contribution in [0.5, 0.6) is 0 Å². The third-order valence-corrected chi connectivity index (χ3v) is 7.34. The zero-order valence-electron chi connectivity index (χ0n) is 17.9. The van der Waals surface area contributed by atoms with Crippen LogP contribution in [0.2, 0.25) is 0 Å². The molecule has 0 nitrogen and oxygen atoms in total. The van der Waals surface area contributed by atoms with Gasteiger partial charge in [0.25, 0.3) is 0 Å². The van der Waals surface area contributed by atoms with Crippen molar-refractivity contribution in [1.29, 1.82) is 0 Å². The molecule has 0 aromatic heterocycles. The van der Waals surface area contributed by atoms with Gasteiger partial charge in [0.2, 0.25) is 0 Å². The maximum atomic E-state index is 3.44. The molecule has 0 aromatic rings. The van der Waals surface area contributed by atoms with Gasteiger partial charge >= 0.3 is 162 Å². The molecule has 0 aliphatic rings. The van der Waals surface area contributed by atoms with Gasteiger partial charge in [-0.15, -0.1) is 0 Å². The molecule has 2 heteroatoms. The Morgan fingerprint density at radius 3 is 1.46 bits per heavy atom. The number of rotatable bonds is 17. The Morgan fingerprint density at radius 2 is 0.962 bits per heavy atom. The molecular formula is C24H46P2. The van der Waals surface area contributed by atoms with Crippen molar-refractivity contribution in [1.82, 2.24) is 0 Å². The quantitative estimate of drug-likeness (QED) is 0.131. The van der Waals surface area contributed by atoms with E-state index in [4.69, 9.17) is 0 Å². The Kier molecular flexibility index (Phi) is 25.0. The fourth-order valence-electron chi connectivity index (χ4n) is 3.06. The molecule has 1 atom stereocenters. The van der Waals surface area contributed by atoms with Crippen LogP contribution in [-0.4, -0.2) is 0 Å². The molecule has 1 unspecified atom stereocenters. The van der Waals surface area contributed by atoms with E-state index < -0.39 is 0 Å². The Labute approximate surface area is 169 Å². The van der Waals surface area contributed by atoms with E-state index in [1.807, 2.05) is 0 Å². The summed E-state index contributed by atoms with van der Waals surface area (Å²) in [6.45, 7) is 4.57. The van der Waals surface area contributed by atoms with E-state index in [2.05, 4.69) is 37.0 Å². The second kappa shape index (κ2) is 25.0. The summed E-state index contributed by atoms with van der Waals surface area (Å²) in [6, 6.07) is 0. The molecule has 0 heterocycles. The minimum absolute atomic E-state index is 0.205. The summed E-state index contributed by atoms with van der Waals surface area (Å²) < 4.78 is 0. The normalized spacial score (nSPS) is 10.7. The SMILES string of the molecule is CCCCCCCCCCC#CP[PH3]C#CCCCCCCCCCC. The van der Waals surface area contributed by atoms with Gasteiger partial charge in [-0.1, -0.05) is 6.92 Å². The van der Waals surface area contributed by atoms with Crippen molar-refractivity contribution in [2.45, 2.75) is 129 Å². The second-order valence-corrected chi connectivity index (χ2v) is 10.9. The van der Waals surface area contributed by atoms with Gasteiger partial charge in [0, 0.05) is 0 Å². The summed E-state index contributed by atoms with van der Waals surface area (Å²) in [7, 11) is 0.655. The van der Waals surface area contributed by atoms with Crippen LogP contribution in [-0.2, 0) is 0 Å². The fraction of sp³-hybridized carbons (Fsp3) is 0.833. The average molecular weight is 397 g/mol. The average Bonchev–Trinajstić information content (AvgIpc) is 2.66. The van der Waals surface area contributed by atoms with Crippen LogP contribution in [0.4, 0.5) is 0 Å². The molecule has 0 aliphatic heterocycles. The summed E-state index contributed by atoms with van der Waals surface area (Å²) in [5.74, 6) is 6.75. The van der Waals surface area contributed by atoms with Gasteiger partial charge in [-0.2, -0.15) is 0 Å². The molecule has 152 valence electrons. The van der Waals surface area contributed by atoms with Crippen molar-refractivity contribution in [3.8, 4) is 23.2 Å². The van der Waals surface area contributed by atoms with Crippen LogP contribution < -0.4 is 0 Å². The molecule has 0 amide bonds. The van der Waals surface area contributed by atoms with Gasteiger partial charge < -0.3 is 0 Å². The zero-order valence-corrected chi connectivity index (χ0v) is 20.3. The summed E-state index contributed by atoms with van der Waals surface area (Å²) in [5, 5.41) is 0. The second-order valence-electron chi connectivity index (χ2n) is 7.46. The monoisotopic (exact) mass is 396 g/mol. The van der Waals surface area contributed by atoms with E-state index in [1.54, 1.807) is 0 Å². The predicted molar refractivity (Wildman–Crippen MR) is 129 cm³/mol. The van der Waals surface area contributed by atoms with E-state index >= 15 is 0 Å². The molecule has 26 heavy (non-hydrogen) atoms. The maximum absolute atomic E-state index is 3.44. The molecule has 0 N–H and O–H groups in total. The van der Waals surface area contributed by atoms with Crippen LogP contribution in [0.25, 0.3) is 0 Å². The Hall–Kier alpha value is -0.0200. The number of hydrogen-bond donors (Lipinski definition) is 0. The Balaban J connectivity index is 3.21. The first-order chi connectivity index (χ1) is 12.9. The van der Waals surface area contributed by atoms with Crippen LogP contribution in [0.15, 0.2) is 0 Å². The Morgan fingerprint density at radius 1 is 0.538 bits per heavy atom. The molecular weight excluding hydrogens is 350 g/mol. The Bertz CT molecular complexity index is 342. The zero-order chi connectivity index (χ0) is 19.0. The third-order valence-electron chi connectivity index (χ3n) is 4.79. The number of hydrogen-bond acceptors (Lipinski definition) is 0. The van der Waals surface area contributed by atoms with Gasteiger partial charge in [-0.05, 0) is 0 Å². The van der Waals surface area contributed by atoms with E-state index in [9.17, 15) is 0 Å². The van der Waals surface area contributed by atoms with Gasteiger partial charge in [-0.3, -0.25) is 0 Å². The van der Waals surface area contributed by atoms with Crippen LogP contribution in [0.3, 0.4) is 0 Å².